The van der Waals surface area contributed by atoms with Crippen molar-refractivity contribution in [2.75, 3.05) is 0 Å². The van der Waals surface area contributed by atoms with Crippen molar-refractivity contribution in [3.8, 4) is 5.69 Å². The first kappa shape index (κ1) is 24.5. The molecule has 2 aromatic heterocycles. The molecule has 0 unspecified atom stereocenters. The highest BCUT2D eigenvalue weighted by Crippen LogP contribution is 2.39. The van der Waals surface area contributed by atoms with E-state index in [1.165, 1.54) is 38.5 Å². The molecule has 2 saturated carbocycles. The van der Waals surface area contributed by atoms with E-state index in [-0.39, 0.29) is 5.91 Å². The van der Waals surface area contributed by atoms with Crippen LogP contribution in [0.4, 0.5) is 0 Å². The third kappa shape index (κ3) is 4.88. The summed E-state index contributed by atoms with van der Waals surface area (Å²) < 4.78 is 2.28. The van der Waals surface area contributed by atoms with Gasteiger partial charge in [-0.2, -0.15) is 0 Å². The van der Waals surface area contributed by atoms with Gasteiger partial charge in [0.25, 0.3) is 5.91 Å². The number of amidine groups is 1. The average Bonchev–Trinajstić information content (AvgIpc) is 3.38. The molecule has 0 spiro atoms. The minimum atomic E-state index is 0.146. The molecule has 1 aliphatic heterocycles. The zero-order valence-corrected chi connectivity index (χ0v) is 22.8. The summed E-state index contributed by atoms with van der Waals surface area (Å²) in [5, 5.41) is 2.08. The summed E-state index contributed by atoms with van der Waals surface area (Å²) in [5.74, 6) is 0.146. The highest BCUT2D eigenvalue weighted by atomic mass is 32.2. The van der Waals surface area contributed by atoms with Crippen LogP contribution in [0, 0.1) is 13.8 Å². The van der Waals surface area contributed by atoms with Crippen molar-refractivity contribution in [2.45, 2.75) is 90.1 Å². The number of amides is 1. The number of hydrogen-bond donors (Lipinski definition) is 0. The molecule has 0 bridgehead atoms. The van der Waals surface area contributed by atoms with Gasteiger partial charge in [0.05, 0.1) is 16.5 Å². The maximum absolute atomic E-state index is 13.8. The maximum Gasteiger partial charge on any atom is 0.267 e. The zero-order valence-electron chi connectivity index (χ0n) is 21.9. The highest BCUT2D eigenvalue weighted by molar-refractivity contribution is 8.18. The van der Waals surface area contributed by atoms with Crippen molar-refractivity contribution in [2.24, 2.45) is 4.99 Å². The zero-order chi connectivity index (χ0) is 25.4. The summed E-state index contributed by atoms with van der Waals surface area (Å²) in [6.07, 6.45) is 15.9. The van der Waals surface area contributed by atoms with E-state index >= 15 is 0 Å². The quantitative estimate of drug-likeness (QED) is 0.339. The van der Waals surface area contributed by atoms with Crippen LogP contribution >= 0.6 is 11.8 Å². The summed E-state index contributed by atoms with van der Waals surface area (Å²) in [5.41, 5.74) is 5.51. The molecular weight excluding hydrogens is 476 g/mol. The first-order valence-corrected chi connectivity index (χ1v) is 14.7. The van der Waals surface area contributed by atoms with Gasteiger partial charge in [-0.1, -0.05) is 44.6 Å². The summed E-state index contributed by atoms with van der Waals surface area (Å²) in [6.45, 7) is 4.28. The van der Waals surface area contributed by atoms with Crippen LogP contribution in [0.3, 0.4) is 0 Å². The van der Waals surface area contributed by atoms with Crippen molar-refractivity contribution < 1.29 is 4.79 Å². The number of aromatic nitrogens is 2. The second kappa shape index (κ2) is 10.5. The molecule has 1 aromatic carbocycles. The average molecular weight is 513 g/mol. The van der Waals surface area contributed by atoms with E-state index in [0.717, 1.165) is 69.3 Å². The fraction of sp³-hybridized carbons (Fsp3) is 0.452. The molecule has 5 nitrogen and oxygen atoms in total. The van der Waals surface area contributed by atoms with Gasteiger partial charge in [0.15, 0.2) is 5.17 Å². The number of pyridine rings is 1. The third-order valence-electron chi connectivity index (χ3n) is 8.25. The molecule has 1 saturated heterocycles. The van der Waals surface area contributed by atoms with Crippen molar-refractivity contribution in [3.63, 3.8) is 0 Å². The van der Waals surface area contributed by atoms with Gasteiger partial charge in [0.2, 0.25) is 0 Å². The predicted octanol–water partition coefficient (Wildman–Crippen LogP) is 7.58. The fourth-order valence-electron chi connectivity index (χ4n) is 6.28. The SMILES string of the molecule is Cc1cc(/C=C2\SC(=NC3CCCCC3)N(C3CCCCC3)C2=O)c(C)n1-c1ccc2ncccc2c1. The molecular formula is C31H36N4OS. The van der Waals surface area contributed by atoms with E-state index < -0.39 is 0 Å². The van der Waals surface area contributed by atoms with Gasteiger partial charge in [-0.05, 0) is 93.3 Å². The predicted molar refractivity (Wildman–Crippen MR) is 154 cm³/mol. The Labute approximate surface area is 224 Å². The molecule has 6 heteroatoms. The Morgan fingerprint density at radius 1 is 0.973 bits per heavy atom. The first-order valence-electron chi connectivity index (χ1n) is 13.9. The van der Waals surface area contributed by atoms with Gasteiger partial charge in [-0.25, -0.2) is 0 Å². The van der Waals surface area contributed by atoms with Crippen LogP contribution in [-0.2, 0) is 4.79 Å². The summed E-state index contributed by atoms with van der Waals surface area (Å²) in [7, 11) is 0. The van der Waals surface area contributed by atoms with Crippen LogP contribution in [0.25, 0.3) is 22.7 Å². The lowest BCUT2D eigenvalue weighted by atomic mass is 9.94. The van der Waals surface area contributed by atoms with E-state index in [1.807, 2.05) is 12.3 Å². The number of carbonyl (C=O) groups is 1. The molecule has 0 radical (unpaired) electrons. The lowest BCUT2D eigenvalue weighted by Crippen LogP contribution is -2.41. The van der Waals surface area contributed by atoms with Crippen LogP contribution in [0.2, 0.25) is 0 Å². The van der Waals surface area contributed by atoms with Gasteiger partial charge in [0, 0.05) is 34.7 Å². The van der Waals surface area contributed by atoms with Crippen molar-refractivity contribution in [3.05, 3.63) is 64.5 Å². The molecule has 2 aliphatic carbocycles. The molecule has 0 N–H and O–H groups in total. The Morgan fingerprint density at radius 3 is 2.51 bits per heavy atom. The minimum Gasteiger partial charge on any atom is -0.318 e. The lowest BCUT2D eigenvalue weighted by molar-refractivity contribution is -0.124. The second-order valence-electron chi connectivity index (χ2n) is 10.8. The largest absolute Gasteiger partial charge is 0.318 e. The Bertz CT molecular complexity index is 1380. The van der Waals surface area contributed by atoms with Gasteiger partial charge in [-0.3, -0.25) is 19.7 Å². The topological polar surface area (TPSA) is 50.5 Å². The molecule has 6 rings (SSSR count). The Kier molecular flexibility index (Phi) is 6.94. The van der Waals surface area contributed by atoms with E-state index in [9.17, 15) is 4.79 Å². The van der Waals surface area contributed by atoms with Crippen LogP contribution < -0.4 is 0 Å². The normalized spacial score (nSPS) is 22.1. The number of aryl methyl sites for hydroxylation is 1. The Hall–Kier alpha value is -2.86. The number of carbonyl (C=O) groups excluding carboxylic acids is 1. The van der Waals surface area contributed by atoms with E-state index in [1.54, 1.807) is 11.8 Å². The second-order valence-corrected chi connectivity index (χ2v) is 11.8. The summed E-state index contributed by atoms with van der Waals surface area (Å²) in [6, 6.07) is 13.3. The first-order chi connectivity index (χ1) is 18.1. The standard InChI is InChI=1S/C31H36N4OS/c1-21-18-24(22(2)34(21)27-15-16-28-23(19-27)10-9-17-32-28)20-29-30(36)35(26-13-7-4-8-14-26)31(37-29)33-25-11-5-3-6-12-25/h9-10,15-20,25-26H,3-8,11-14H2,1-2H3/b29-20-,33-31?. The monoisotopic (exact) mass is 512 g/mol. The van der Waals surface area contributed by atoms with E-state index in [4.69, 9.17) is 4.99 Å². The number of hydrogen-bond acceptors (Lipinski definition) is 4. The molecule has 37 heavy (non-hydrogen) atoms. The molecule has 3 fully saturated rings. The molecule has 192 valence electrons. The van der Waals surface area contributed by atoms with Crippen LogP contribution in [0.15, 0.2) is 52.5 Å². The smallest absolute Gasteiger partial charge is 0.267 e. The van der Waals surface area contributed by atoms with Gasteiger partial charge < -0.3 is 4.57 Å². The molecule has 0 atom stereocenters. The van der Waals surface area contributed by atoms with Crippen LogP contribution in [0.1, 0.15) is 81.2 Å². The molecule has 3 aromatic rings. The maximum atomic E-state index is 13.8. The minimum absolute atomic E-state index is 0.146. The number of thioether (sulfide) groups is 1. The number of aliphatic imine (C=N–C) groups is 1. The Balaban J connectivity index is 1.34. The van der Waals surface area contributed by atoms with E-state index in [2.05, 4.69) is 64.7 Å². The molecule has 3 heterocycles. The van der Waals surface area contributed by atoms with E-state index in [0.29, 0.717) is 12.1 Å². The molecule has 3 aliphatic rings. The van der Waals surface area contributed by atoms with Crippen LogP contribution in [-0.4, -0.2) is 37.6 Å². The number of fused-ring (bicyclic) bond motifs is 1. The van der Waals surface area contributed by atoms with Crippen molar-refractivity contribution in [1.29, 1.82) is 0 Å². The molecule has 1 amide bonds. The number of rotatable bonds is 4. The Morgan fingerprint density at radius 2 is 1.73 bits per heavy atom. The van der Waals surface area contributed by atoms with Crippen molar-refractivity contribution >= 4 is 39.8 Å². The number of nitrogens with zero attached hydrogens (tertiary/aromatic N) is 4. The lowest BCUT2D eigenvalue weighted by Gasteiger charge is -2.31. The van der Waals surface area contributed by atoms with Crippen LogP contribution in [0.5, 0.6) is 0 Å². The van der Waals surface area contributed by atoms with Gasteiger partial charge >= 0.3 is 0 Å². The fourth-order valence-corrected chi connectivity index (χ4v) is 7.38. The third-order valence-corrected chi connectivity index (χ3v) is 9.24. The number of benzene rings is 1. The highest BCUT2D eigenvalue weighted by Gasteiger charge is 2.39. The van der Waals surface area contributed by atoms with Gasteiger partial charge in [0.1, 0.15) is 0 Å². The summed E-state index contributed by atoms with van der Waals surface area (Å²) in [4.78, 5) is 26.4. The summed E-state index contributed by atoms with van der Waals surface area (Å²) >= 11 is 1.60. The van der Waals surface area contributed by atoms with Crippen molar-refractivity contribution in [1.82, 2.24) is 14.5 Å². The van der Waals surface area contributed by atoms with Gasteiger partial charge in [-0.15, -0.1) is 0 Å².